The fraction of sp³-hybridized carbons (Fsp3) is 0.769. The van der Waals surface area contributed by atoms with E-state index in [-0.39, 0.29) is 5.91 Å². The molecular formula is C13H23N5O. The van der Waals surface area contributed by atoms with E-state index < -0.39 is 0 Å². The van der Waals surface area contributed by atoms with Crippen molar-refractivity contribution >= 4 is 5.91 Å². The zero-order valence-corrected chi connectivity index (χ0v) is 11.6. The summed E-state index contributed by atoms with van der Waals surface area (Å²) >= 11 is 0. The smallest absolute Gasteiger partial charge is 0.224 e. The minimum atomic E-state index is 0.199. The Morgan fingerprint density at radius 2 is 2.42 bits per heavy atom. The number of hydrogen-bond acceptors (Lipinski definition) is 4. The molecular weight excluding hydrogens is 242 g/mol. The normalized spacial score (nSPS) is 19.3. The molecule has 0 bridgehead atoms. The third-order valence-electron chi connectivity index (χ3n) is 3.61. The molecule has 0 spiro atoms. The summed E-state index contributed by atoms with van der Waals surface area (Å²) in [6, 6.07) is 0.462. The quantitative estimate of drug-likeness (QED) is 0.820. The summed E-state index contributed by atoms with van der Waals surface area (Å²) in [6.45, 7) is 5.32. The van der Waals surface area contributed by atoms with Gasteiger partial charge in [0.1, 0.15) is 12.7 Å². The summed E-state index contributed by atoms with van der Waals surface area (Å²) in [5, 5.41) is 7.50. The number of amides is 1. The van der Waals surface area contributed by atoms with Crippen molar-refractivity contribution in [2.75, 3.05) is 19.6 Å². The molecule has 2 heterocycles. The lowest BCUT2D eigenvalue weighted by atomic mass is 10.0. The van der Waals surface area contributed by atoms with Crippen LogP contribution in [0.25, 0.3) is 0 Å². The molecule has 1 amide bonds. The van der Waals surface area contributed by atoms with Gasteiger partial charge in [-0.3, -0.25) is 9.48 Å². The van der Waals surface area contributed by atoms with E-state index in [1.807, 2.05) is 11.8 Å². The maximum absolute atomic E-state index is 12.2. The Bertz CT molecular complexity index is 372. The van der Waals surface area contributed by atoms with Crippen molar-refractivity contribution < 1.29 is 4.79 Å². The summed E-state index contributed by atoms with van der Waals surface area (Å²) in [6.07, 6.45) is 7.32. The first-order valence-corrected chi connectivity index (χ1v) is 7.13. The number of carbonyl (C=O) groups excluding carboxylic acids is 1. The zero-order valence-electron chi connectivity index (χ0n) is 11.6. The zero-order chi connectivity index (χ0) is 13.5. The molecule has 1 aliphatic heterocycles. The SMILES string of the molecule is CCN(CC1CCCCN1)C(=O)CCn1cncn1. The number of carbonyl (C=O) groups is 1. The number of likely N-dealkylation sites (N-methyl/N-ethyl adjacent to an activating group) is 1. The minimum absolute atomic E-state index is 0.199. The van der Waals surface area contributed by atoms with Crippen molar-refractivity contribution in [2.45, 2.75) is 45.2 Å². The van der Waals surface area contributed by atoms with Gasteiger partial charge in [-0.05, 0) is 26.3 Å². The Kier molecular flexibility index (Phi) is 5.32. The molecule has 1 fully saturated rings. The van der Waals surface area contributed by atoms with Crippen LogP contribution < -0.4 is 5.32 Å². The number of piperidine rings is 1. The second-order valence-corrected chi connectivity index (χ2v) is 4.99. The highest BCUT2D eigenvalue weighted by Gasteiger charge is 2.19. The van der Waals surface area contributed by atoms with Crippen LogP contribution >= 0.6 is 0 Å². The summed E-state index contributed by atoms with van der Waals surface area (Å²) < 4.78 is 1.70. The predicted octanol–water partition coefficient (Wildman–Crippen LogP) is 0.659. The Balaban J connectivity index is 1.77. The summed E-state index contributed by atoms with van der Waals surface area (Å²) in [5.74, 6) is 0.199. The standard InChI is InChI=1S/C13H23N5O/c1-2-17(9-12-5-3-4-7-15-12)13(19)6-8-18-11-14-10-16-18/h10-12,15H,2-9H2,1H3. The van der Waals surface area contributed by atoms with Crippen LogP contribution in [0.2, 0.25) is 0 Å². The fourth-order valence-corrected chi connectivity index (χ4v) is 2.47. The molecule has 106 valence electrons. The van der Waals surface area contributed by atoms with Gasteiger partial charge >= 0.3 is 0 Å². The lowest BCUT2D eigenvalue weighted by molar-refractivity contribution is -0.131. The van der Waals surface area contributed by atoms with E-state index in [1.54, 1.807) is 11.0 Å². The Morgan fingerprint density at radius 1 is 1.53 bits per heavy atom. The molecule has 1 N–H and O–H groups in total. The van der Waals surface area contributed by atoms with Crippen molar-refractivity contribution in [1.29, 1.82) is 0 Å². The molecule has 0 radical (unpaired) electrons. The van der Waals surface area contributed by atoms with E-state index >= 15 is 0 Å². The van der Waals surface area contributed by atoms with E-state index in [0.29, 0.717) is 19.0 Å². The van der Waals surface area contributed by atoms with Crippen molar-refractivity contribution in [3.05, 3.63) is 12.7 Å². The van der Waals surface area contributed by atoms with E-state index in [4.69, 9.17) is 0 Å². The monoisotopic (exact) mass is 265 g/mol. The summed E-state index contributed by atoms with van der Waals surface area (Å²) in [5.41, 5.74) is 0. The molecule has 19 heavy (non-hydrogen) atoms. The van der Waals surface area contributed by atoms with Crippen molar-refractivity contribution in [3.63, 3.8) is 0 Å². The van der Waals surface area contributed by atoms with Crippen molar-refractivity contribution in [3.8, 4) is 0 Å². The first-order chi connectivity index (χ1) is 9.29. The first-order valence-electron chi connectivity index (χ1n) is 7.13. The Morgan fingerprint density at radius 3 is 3.05 bits per heavy atom. The third-order valence-corrected chi connectivity index (χ3v) is 3.61. The van der Waals surface area contributed by atoms with Gasteiger partial charge in [0, 0.05) is 25.6 Å². The molecule has 6 heteroatoms. The number of aryl methyl sites for hydroxylation is 1. The molecule has 1 saturated heterocycles. The molecule has 0 saturated carbocycles. The number of hydrogen-bond donors (Lipinski definition) is 1. The van der Waals surface area contributed by atoms with Crippen molar-refractivity contribution in [2.24, 2.45) is 0 Å². The van der Waals surface area contributed by atoms with Gasteiger partial charge in [-0.15, -0.1) is 0 Å². The molecule has 1 aliphatic rings. The lowest BCUT2D eigenvalue weighted by Gasteiger charge is -2.30. The average Bonchev–Trinajstić information content (AvgIpc) is 2.96. The van der Waals surface area contributed by atoms with E-state index in [9.17, 15) is 4.79 Å². The molecule has 2 rings (SSSR count). The summed E-state index contributed by atoms with van der Waals surface area (Å²) in [4.78, 5) is 18.0. The first kappa shape index (κ1) is 14.0. The molecule has 1 aromatic rings. The van der Waals surface area contributed by atoms with Gasteiger partial charge in [0.15, 0.2) is 0 Å². The molecule has 0 aliphatic carbocycles. The predicted molar refractivity (Wildman–Crippen MR) is 72.5 cm³/mol. The third kappa shape index (κ3) is 4.31. The van der Waals surface area contributed by atoms with Crippen LogP contribution in [0.5, 0.6) is 0 Å². The number of nitrogens with one attached hydrogen (secondary N) is 1. The van der Waals surface area contributed by atoms with Crippen LogP contribution in [0.1, 0.15) is 32.6 Å². The molecule has 1 atom stereocenters. The van der Waals surface area contributed by atoms with Gasteiger partial charge < -0.3 is 10.2 Å². The van der Waals surface area contributed by atoms with Gasteiger partial charge in [-0.1, -0.05) is 6.42 Å². The topological polar surface area (TPSA) is 63.1 Å². The van der Waals surface area contributed by atoms with Crippen molar-refractivity contribution in [1.82, 2.24) is 25.0 Å². The van der Waals surface area contributed by atoms with Crippen LogP contribution in [0, 0.1) is 0 Å². The van der Waals surface area contributed by atoms with Crippen LogP contribution in [0.3, 0.4) is 0 Å². The Labute approximate surface area is 114 Å². The highest BCUT2D eigenvalue weighted by atomic mass is 16.2. The minimum Gasteiger partial charge on any atom is -0.341 e. The van der Waals surface area contributed by atoms with Gasteiger partial charge in [-0.25, -0.2) is 4.98 Å². The van der Waals surface area contributed by atoms with E-state index in [2.05, 4.69) is 15.4 Å². The number of nitrogens with zero attached hydrogens (tertiary/aromatic N) is 4. The van der Waals surface area contributed by atoms with Crippen LogP contribution in [0.4, 0.5) is 0 Å². The maximum Gasteiger partial charge on any atom is 0.224 e. The maximum atomic E-state index is 12.2. The fourth-order valence-electron chi connectivity index (χ4n) is 2.47. The average molecular weight is 265 g/mol. The van der Waals surface area contributed by atoms with E-state index in [0.717, 1.165) is 19.6 Å². The Hall–Kier alpha value is -1.43. The lowest BCUT2D eigenvalue weighted by Crippen LogP contribution is -2.45. The molecule has 6 nitrogen and oxygen atoms in total. The summed E-state index contributed by atoms with van der Waals surface area (Å²) in [7, 11) is 0. The van der Waals surface area contributed by atoms with Gasteiger partial charge in [0.2, 0.25) is 5.91 Å². The number of aromatic nitrogens is 3. The van der Waals surface area contributed by atoms with Gasteiger partial charge in [0.05, 0.1) is 6.54 Å². The second-order valence-electron chi connectivity index (χ2n) is 4.99. The van der Waals surface area contributed by atoms with Gasteiger partial charge in [-0.2, -0.15) is 5.10 Å². The van der Waals surface area contributed by atoms with Crippen LogP contribution in [0.15, 0.2) is 12.7 Å². The molecule has 1 aromatic heterocycles. The van der Waals surface area contributed by atoms with Gasteiger partial charge in [0.25, 0.3) is 0 Å². The van der Waals surface area contributed by atoms with E-state index in [1.165, 1.54) is 25.6 Å². The highest BCUT2D eigenvalue weighted by Crippen LogP contribution is 2.09. The van der Waals surface area contributed by atoms with Crippen LogP contribution in [-0.4, -0.2) is 51.2 Å². The second kappa shape index (κ2) is 7.23. The largest absolute Gasteiger partial charge is 0.341 e. The highest BCUT2D eigenvalue weighted by molar-refractivity contribution is 5.76. The number of rotatable bonds is 6. The molecule has 1 unspecified atom stereocenters. The molecule has 0 aromatic carbocycles. The van der Waals surface area contributed by atoms with Crippen LogP contribution in [-0.2, 0) is 11.3 Å².